The number of fused-ring (bicyclic) bond motifs is 1. The van der Waals surface area contributed by atoms with Crippen LogP contribution in [-0.4, -0.2) is 10.1 Å². The Labute approximate surface area is 92.5 Å². The van der Waals surface area contributed by atoms with Gasteiger partial charge in [0.05, 0.1) is 23.0 Å². The maximum atomic E-state index is 9.45. The van der Waals surface area contributed by atoms with E-state index in [1.807, 2.05) is 6.07 Å². The molecule has 1 atom stereocenters. The van der Waals surface area contributed by atoms with E-state index in [1.54, 1.807) is 25.1 Å². The van der Waals surface area contributed by atoms with Gasteiger partial charge in [-0.2, -0.15) is 0 Å². The molecule has 1 aromatic carbocycles. The van der Waals surface area contributed by atoms with Crippen molar-refractivity contribution in [1.29, 1.82) is 0 Å². The standard InChI is InChI=1S/C11H11ClN2O/c1-6(15)11-9(13)5-7-4-8(12)2-3-10(7)14-11/h2-6,15H,13H2,1H3. The highest BCUT2D eigenvalue weighted by molar-refractivity contribution is 6.31. The predicted molar refractivity (Wildman–Crippen MR) is 61.8 cm³/mol. The summed E-state index contributed by atoms with van der Waals surface area (Å²) in [5.41, 5.74) is 7.54. The lowest BCUT2D eigenvalue weighted by Crippen LogP contribution is -2.02. The lowest BCUT2D eigenvalue weighted by Gasteiger charge is -2.09. The van der Waals surface area contributed by atoms with E-state index < -0.39 is 6.10 Å². The lowest BCUT2D eigenvalue weighted by molar-refractivity contribution is 0.195. The van der Waals surface area contributed by atoms with E-state index in [-0.39, 0.29) is 0 Å². The highest BCUT2D eigenvalue weighted by atomic mass is 35.5. The van der Waals surface area contributed by atoms with Crippen LogP contribution in [0.5, 0.6) is 0 Å². The van der Waals surface area contributed by atoms with Crippen LogP contribution in [0.1, 0.15) is 18.7 Å². The number of nitrogen functional groups attached to an aromatic ring is 1. The molecule has 0 amide bonds. The van der Waals surface area contributed by atoms with Crippen molar-refractivity contribution in [1.82, 2.24) is 4.98 Å². The minimum atomic E-state index is -0.662. The van der Waals surface area contributed by atoms with Crippen LogP contribution < -0.4 is 5.73 Å². The summed E-state index contributed by atoms with van der Waals surface area (Å²) in [7, 11) is 0. The molecule has 0 aliphatic rings. The van der Waals surface area contributed by atoms with Gasteiger partial charge < -0.3 is 10.8 Å². The third kappa shape index (κ3) is 1.89. The number of benzene rings is 1. The number of aromatic nitrogens is 1. The number of hydrogen-bond donors (Lipinski definition) is 2. The summed E-state index contributed by atoms with van der Waals surface area (Å²) >= 11 is 5.86. The van der Waals surface area contributed by atoms with Gasteiger partial charge in [0.15, 0.2) is 0 Å². The summed E-state index contributed by atoms with van der Waals surface area (Å²) in [5.74, 6) is 0. The monoisotopic (exact) mass is 222 g/mol. The first-order chi connectivity index (χ1) is 7.08. The fourth-order valence-electron chi connectivity index (χ4n) is 1.51. The van der Waals surface area contributed by atoms with Crippen molar-refractivity contribution in [3.8, 4) is 0 Å². The number of pyridine rings is 1. The van der Waals surface area contributed by atoms with E-state index in [2.05, 4.69) is 4.98 Å². The molecular weight excluding hydrogens is 212 g/mol. The Balaban J connectivity index is 2.71. The molecule has 0 aliphatic heterocycles. The molecule has 0 radical (unpaired) electrons. The van der Waals surface area contributed by atoms with Crippen LogP contribution in [0.2, 0.25) is 5.02 Å². The molecule has 0 saturated carbocycles. The first kappa shape index (κ1) is 10.2. The third-order valence-electron chi connectivity index (χ3n) is 2.23. The van der Waals surface area contributed by atoms with Crippen molar-refractivity contribution >= 4 is 28.2 Å². The molecule has 0 spiro atoms. The van der Waals surface area contributed by atoms with E-state index in [9.17, 15) is 5.11 Å². The summed E-state index contributed by atoms with van der Waals surface area (Å²) in [4.78, 5) is 4.28. The number of nitrogens with zero attached hydrogens (tertiary/aromatic N) is 1. The Morgan fingerprint density at radius 2 is 2.13 bits per heavy atom. The number of aliphatic hydroxyl groups excluding tert-OH is 1. The molecule has 3 nitrogen and oxygen atoms in total. The van der Waals surface area contributed by atoms with Crippen LogP contribution >= 0.6 is 11.6 Å². The molecule has 1 heterocycles. The Morgan fingerprint density at radius 3 is 2.80 bits per heavy atom. The summed E-state index contributed by atoms with van der Waals surface area (Å²) in [6.45, 7) is 1.64. The topological polar surface area (TPSA) is 59.1 Å². The van der Waals surface area contributed by atoms with Crippen molar-refractivity contribution in [2.75, 3.05) is 5.73 Å². The molecule has 0 fully saturated rings. The van der Waals surface area contributed by atoms with Gasteiger partial charge in [0, 0.05) is 10.4 Å². The Bertz CT molecular complexity index is 511. The predicted octanol–water partition coefficient (Wildman–Crippen LogP) is 2.52. The van der Waals surface area contributed by atoms with Crippen LogP contribution in [0.25, 0.3) is 10.9 Å². The molecule has 1 aromatic heterocycles. The van der Waals surface area contributed by atoms with E-state index in [0.717, 1.165) is 10.9 Å². The van der Waals surface area contributed by atoms with Gasteiger partial charge in [-0.3, -0.25) is 0 Å². The Morgan fingerprint density at radius 1 is 1.40 bits per heavy atom. The minimum Gasteiger partial charge on any atom is -0.397 e. The Kier molecular flexibility index (Phi) is 2.50. The summed E-state index contributed by atoms with van der Waals surface area (Å²) in [6.07, 6.45) is -0.662. The second-order valence-electron chi connectivity index (χ2n) is 3.48. The molecule has 78 valence electrons. The van der Waals surface area contributed by atoms with E-state index in [1.165, 1.54) is 0 Å². The number of hydrogen-bond acceptors (Lipinski definition) is 3. The molecule has 0 saturated heterocycles. The van der Waals surface area contributed by atoms with Gasteiger partial charge in [0.1, 0.15) is 0 Å². The van der Waals surface area contributed by atoms with E-state index in [4.69, 9.17) is 17.3 Å². The van der Waals surface area contributed by atoms with Gasteiger partial charge in [-0.1, -0.05) is 11.6 Å². The maximum Gasteiger partial charge on any atom is 0.0952 e. The number of halogens is 1. The molecule has 3 N–H and O–H groups in total. The Hall–Kier alpha value is -1.32. The summed E-state index contributed by atoms with van der Waals surface area (Å²) in [5, 5.41) is 11.0. The first-order valence-corrected chi connectivity index (χ1v) is 4.99. The van der Waals surface area contributed by atoms with Crippen LogP contribution in [0, 0.1) is 0 Å². The molecule has 15 heavy (non-hydrogen) atoms. The van der Waals surface area contributed by atoms with Crippen molar-refractivity contribution in [2.45, 2.75) is 13.0 Å². The van der Waals surface area contributed by atoms with Gasteiger partial charge in [-0.15, -0.1) is 0 Å². The summed E-state index contributed by atoms with van der Waals surface area (Å²) < 4.78 is 0. The zero-order valence-corrected chi connectivity index (χ0v) is 8.99. The highest BCUT2D eigenvalue weighted by Crippen LogP contribution is 2.25. The largest absolute Gasteiger partial charge is 0.397 e. The second kappa shape index (κ2) is 3.68. The van der Waals surface area contributed by atoms with Gasteiger partial charge in [0.2, 0.25) is 0 Å². The first-order valence-electron chi connectivity index (χ1n) is 4.61. The van der Waals surface area contributed by atoms with Gasteiger partial charge >= 0.3 is 0 Å². The smallest absolute Gasteiger partial charge is 0.0952 e. The molecule has 1 unspecified atom stereocenters. The fourth-order valence-corrected chi connectivity index (χ4v) is 1.69. The molecular formula is C11H11ClN2O. The normalized spacial score (nSPS) is 13.0. The van der Waals surface area contributed by atoms with Gasteiger partial charge in [-0.25, -0.2) is 4.98 Å². The average molecular weight is 223 g/mol. The van der Waals surface area contributed by atoms with E-state index >= 15 is 0 Å². The molecule has 4 heteroatoms. The quantitative estimate of drug-likeness (QED) is 0.780. The average Bonchev–Trinajstić information content (AvgIpc) is 2.15. The molecule has 2 rings (SSSR count). The third-order valence-corrected chi connectivity index (χ3v) is 2.47. The van der Waals surface area contributed by atoms with Crippen molar-refractivity contribution in [3.05, 3.63) is 35.0 Å². The SMILES string of the molecule is CC(O)c1nc2ccc(Cl)cc2cc1N. The zero-order chi connectivity index (χ0) is 11.0. The fraction of sp³-hybridized carbons (Fsp3) is 0.182. The highest BCUT2D eigenvalue weighted by Gasteiger charge is 2.09. The molecule has 0 bridgehead atoms. The maximum absolute atomic E-state index is 9.45. The number of aliphatic hydroxyl groups is 1. The van der Waals surface area contributed by atoms with Gasteiger partial charge in [-0.05, 0) is 31.2 Å². The molecule has 2 aromatic rings. The summed E-state index contributed by atoms with van der Waals surface area (Å²) in [6, 6.07) is 7.14. The van der Waals surface area contributed by atoms with E-state index in [0.29, 0.717) is 16.4 Å². The van der Waals surface area contributed by atoms with Crippen LogP contribution in [0.4, 0.5) is 5.69 Å². The van der Waals surface area contributed by atoms with Crippen LogP contribution in [0.15, 0.2) is 24.3 Å². The number of rotatable bonds is 1. The van der Waals surface area contributed by atoms with Crippen molar-refractivity contribution < 1.29 is 5.11 Å². The zero-order valence-electron chi connectivity index (χ0n) is 8.24. The van der Waals surface area contributed by atoms with Crippen LogP contribution in [-0.2, 0) is 0 Å². The molecule has 0 aliphatic carbocycles. The van der Waals surface area contributed by atoms with Crippen LogP contribution in [0.3, 0.4) is 0 Å². The second-order valence-corrected chi connectivity index (χ2v) is 3.91. The number of anilines is 1. The van der Waals surface area contributed by atoms with Crippen molar-refractivity contribution in [2.24, 2.45) is 0 Å². The number of nitrogens with two attached hydrogens (primary N) is 1. The van der Waals surface area contributed by atoms with Gasteiger partial charge in [0.25, 0.3) is 0 Å². The lowest BCUT2D eigenvalue weighted by atomic mass is 10.1. The minimum absolute atomic E-state index is 0.486. The van der Waals surface area contributed by atoms with Crippen molar-refractivity contribution in [3.63, 3.8) is 0 Å².